The summed E-state index contributed by atoms with van der Waals surface area (Å²) in [5.41, 5.74) is -0.454. The van der Waals surface area contributed by atoms with Crippen molar-refractivity contribution in [2.24, 2.45) is 0 Å². The predicted octanol–water partition coefficient (Wildman–Crippen LogP) is 4.20. The van der Waals surface area contributed by atoms with Gasteiger partial charge in [0.1, 0.15) is 4.88 Å². The monoisotopic (exact) mass is 375 g/mol. The molecule has 3 rings (SSSR count). The van der Waals surface area contributed by atoms with Crippen LogP contribution < -0.4 is 5.32 Å². The van der Waals surface area contributed by atoms with Gasteiger partial charge in [-0.05, 0) is 24.3 Å². The molecule has 3 N–H and O–H groups in total. The third kappa shape index (κ3) is 3.19. The summed E-state index contributed by atoms with van der Waals surface area (Å²) in [5, 5.41) is 21.7. The average Bonchev–Trinajstić information content (AvgIpc) is 2.92. The number of fused-ring (bicyclic) bond motifs is 1. The van der Waals surface area contributed by atoms with Gasteiger partial charge >= 0.3 is 11.9 Å². The standard InChI is InChI=1S/C17H10ClNO5S/c18-13-10-3-1-2-4-12(10)25-14(13)15(20)19-11-7-8(16(21)22)5-6-9(11)17(23)24/h1-7H,(H,19,20)(H,21,22)(H,23,24). The van der Waals surface area contributed by atoms with Crippen LogP contribution >= 0.6 is 22.9 Å². The number of carboxylic acid groups (broad SMARTS) is 2. The number of thiophene rings is 1. The maximum absolute atomic E-state index is 12.5. The van der Waals surface area contributed by atoms with Gasteiger partial charge in [-0.1, -0.05) is 29.8 Å². The summed E-state index contributed by atoms with van der Waals surface area (Å²) in [5.74, 6) is -3.11. The number of carboxylic acids is 2. The summed E-state index contributed by atoms with van der Waals surface area (Å²) in [4.78, 5) is 35.1. The number of hydrogen-bond acceptors (Lipinski definition) is 4. The molecule has 0 fully saturated rings. The van der Waals surface area contributed by atoms with E-state index in [1.165, 1.54) is 11.3 Å². The number of carbonyl (C=O) groups is 3. The number of anilines is 1. The Kier molecular flexibility index (Phi) is 4.43. The first kappa shape index (κ1) is 16.9. The Morgan fingerprint density at radius 2 is 1.72 bits per heavy atom. The SMILES string of the molecule is O=C(O)c1ccc(C(=O)O)c(NC(=O)c2sc3ccccc3c2Cl)c1. The smallest absolute Gasteiger partial charge is 0.337 e. The molecule has 6 nitrogen and oxygen atoms in total. The van der Waals surface area contributed by atoms with Gasteiger partial charge < -0.3 is 15.5 Å². The second-order valence-corrected chi connectivity index (χ2v) is 6.50. The number of aromatic carboxylic acids is 2. The zero-order chi connectivity index (χ0) is 18.1. The molecule has 0 unspecified atom stereocenters. The molecule has 0 aliphatic carbocycles. The minimum atomic E-state index is -1.28. The van der Waals surface area contributed by atoms with Gasteiger partial charge in [-0.2, -0.15) is 0 Å². The fourth-order valence-corrected chi connectivity index (χ4v) is 3.72. The summed E-state index contributed by atoms with van der Waals surface area (Å²) < 4.78 is 0.815. The molecule has 0 spiro atoms. The molecule has 0 aliphatic rings. The summed E-state index contributed by atoms with van der Waals surface area (Å²) in [6.07, 6.45) is 0. The van der Waals surface area contributed by atoms with Gasteiger partial charge in [0.2, 0.25) is 0 Å². The van der Waals surface area contributed by atoms with Crippen molar-refractivity contribution in [1.82, 2.24) is 0 Å². The molecule has 0 saturated heterocycles. The molecular weight excluding hydrogens is 366 g/mol. The molecule has 25 heavy (non-hydrogen) atoms. The number of amides is 1. The van der Waals surface area contributed by atoms with Crippen molar-refractivity contribution in [1.29, 1.82) is 0 Å². The second-order valence-electron chi connectivity index (χ2n) is 5.07. The third-order valence-electron chi connectivity index (χ3n) is 3.49. The largest absolute Gasteiger partial charge is 0.478 e. The molecular formula is C17H10ClNO5S. The Morgan fingerprint density at radius 1 is 1.00 bits per heavy atom. The zero-order valence-electron chi connectivity index (χ0n) is 12.4. The van der Waals surface area contributed by atoms with Gasteiger partial charge in [-0.25, -0.2) is 9.59 Å². The Hall–Kier alpha value is -2.90. The van der Waals surface area contributed by atoms with Crippen molar-refractivity contribution in [2.45, 2.75) is 0 Å². The summed E-state index contributed by atoms with van der Waals surface area (Å²) >= 11 is 7.41. The first-order chi connectivity index (χ1) is 11.9. The number of halogens is 1. The predicted molar refractivity (Wildman–Crippen MR) is 95.1 cm³/mol. The topological polar surface area (TPSA) is 104 Å². The van der Waals surface area contributed by atoms with E-state index in [0.29, 0.717) is 0 Å². The zero-order valence-corrected chi connectivity index (χ0v) is 14.0. The lowest BCUT2D eigenvalue weighted by atomic mass is 10.1. The number of hydrogen-bond donors (Lipinski definition) is 3. The number of rotatable bonds is 4. The van der Waals surface area contributed by atoms with Gasteiger partial charge in [0.15, 0.2) is 0 Å². The summed E-state index contributed by atoms with van der Waals surface area (Å²) in [7, 11) is 0. The minimum absolute atomic E-state index is 0.106. The molecule has 0 bridgehead atoms. The normalized spacial score (nSPS) is 10.6. The highest BCUT2D eigenvalue weighted by molar-refractivity contribution is 7.21. The van der Waals surface area contributed by atoms with Crippen molar-refractivity contribution in [2.75, 3.05) is 5.32 Å². The lowest BCUT2D eigenvalue weighted by Crippen LogP contribution is -2.15. The Labute approximate surface area is 150 Å². The Balaban J connectivity index is 2.02. The fraction of sp³-hybridized carbons (Fsp3) is 0. The highest BCUT2D eigenvalue weighted by Gasteiger charge is 2.20. The van der Waals surface area contributed by atoms with E-state index >= 15 is 0 Å². The molecule has 0 aliphatic heterocycles. The maximum atomic E-state index is 12.5. The van der Waals surface area contributed by atoms with Crippen LogP contribution in [0.4, 0.5) is 5.69 Å². The van der Waals surface area contributed by atoms with Gasteiger partial charge in [0.25, 0.3) is 5.91 Å². The fourth-order valence-electron chi connectivity index (χ4n) is 2.31. The van der Waals surface area contributed by atoms with Crippen LogP contribution in [0.1, 0.15) is 30.4 Å². The highest BCUT2D eigenvalue weighted by atomic mass is 35.5. The van der Waals surface area contributed by atoms with E-state index in [4.69, 9.17) is 16.7 Å². The van der Waals surface area contributed by atoms with E-state index in [1.54, 1.807) is 12.1 Å². The third-order valence-corrected chi connectivity index (χ3v) is 5.16. The van der Waals surface area contributed by atoms with Gasteiger partial charge in [0.05, 0.1) is 21.8 Å². The van der Waals surface area contributed by atoms with Gasteiger partial charge in [0, 0.05) is 10.1 Å². The number of carbonyl (C=O) groups excluding carboxylic acids is 1. The van der Waals surface area contributed by atoms with Crippen molar-refractivity contribution < 1.29 is 24.6 Å². The quantitative estimate of drug-likeness (QED) is 0.633. The van der Waals surface area contributed by atoms with E-state index < -0.39 is 17.8 Å². The van der Waals surface area contributed by atoms with Crippen LogP contribution in [-0.4, -0.2) is 28.1 Å². The molecule has 3 aromatic rings. The maximum Gasteiger partial charge on any atom is 0.337 e. The van der Waals surface area contributed by atoms with Gasteiger partial charge in [-0.15, -0.1) is 11.3 Å². The van der Waals surface area contributed by atoms with E-state index in [1.807, 2.05) is 12.1 Å². The molecule has 126 valence electrons. The van der Waals surface area contributed by atoms with E-state index in [9.17, 15) is 19.5 Å². The van der Waals surface area contributed by atoms with E-state index in [2.05, 4.69) is 5.32 Å². The van der Waals surface area contributed by atoms with Crippen molar-refractivity contribution in [3.8, 4) is 0 Å². The van der Waals surface area contributed by atoms with Crippen LogP contribution in [0.25, 0.3) is 10.1 Å². The molecule has 2 aromatic carbocycles. The molecule has 1 heterocycles. The highest BCUT2D eigenvalue weighted by Crippen LogP contribution is 2.35. The first-order valence-electron chi connectivity index (χ1n) is 6.97. The van der Waals surface area contributed by atoms with Crippen molar-refractivity contribution in [3.63, 3.8) is 0 Å². The summed E-state index contributed by atoms with van der Waals surface area (Å²) in [6, 6.07) is 10.6. The van der Waals surface area contributed by atoms with Crippen LogP contribution in [0.5, 0.6) is 0 Å². The van der Waals surface area contributed by atoms with E-state index in [0.717, 1.165) is 28.3 Å². The number of benzene rings is 2. The minimum Gasteiger partial charge on any atom is -0.478 e. The molecule has 0 radical (unpaired) electrons. The Bertz CT molecular complexity index is 1030. The molecule has 8 heteroatoms. The van der Waals surface area contributed by atoms with Crippen LogP contribution in [0.3, 0.4) is 0 Å². The summed E-state index contributed by atoms with van der Waals surface area (Å²) in [6.45, 7) is 0. The molecule has 0 atom stereocenters. The molecule has 1 amide bonds. The molecule has 0 saturated carbocycles. The van der Waals surface area contributed by atoms with Crippen LogP contribution in [0.15, 0.2) is 42.5 Å². The van der Waals surface area contributed by atoms with Crippen LogP contribution in [0.2, 0.25) is 5.02 Å². The lowest BCUT2D eigenvalue weighted by molar-refractivity contribution is 0.0682. The first-order valence-corrected chi connectivity index (χ1v) is 8.17. The number of nitrogens with one attached hydrogen (secondary N) is 1. The van der Waals surface area contributed by atoms with Crippen molar-refractivity contribution >= 4 is 56.6 Å². The second kappa shape index (κ2) is 6.54. The van der Waals surface area contributed by atoms with Crippen molar-refractivity contribution in [3.05, 3.63) is 63.5 Å². The average molecular weight is 376 g/mol. The van der Waals surface area contributed by atoms with Gasteiger partial charge in [-0.3, -0.25) is 4.79 Å². The van der Waals surface area contributed by atoms with E-state index in [-0.39, 0.29) is 26.7 Å². The Morgan fingerprint density at radius 3 is 2.36 bits per heavy atom. The lowest BCUT2D eigenvalue weighted by Gasteiger charge is -2.09. The molecule has 1 aromatic heterocycles. The van der Waals surface area contributed by atoms with Crippen LogP contribution in [0, 0.1) is 0 Å². The van der Waals surface area contributed by atoms with Crippen LogP contribution in [-0.2, 0) is 0 Å².